The van der Waals surface area contributed by atoms with Crippen LogP contribution in [0.1, 0.15) is 85.5 Å². The van der Waals surface area contributed by atoms with Gasteiger partial charge in [0.05, 0.1) is 24.9 Å². The molecule has 2 heterocycles. The fourth-order valence-corrected chi connectivity index (χ4v) is 7.92. The maximum atomic E-state index is 13.4. The molecular weight excluding hydrogens is 628 g/mol. The van der Waals surface area contributed by atoms with Gasteiger partial charge in [-0.25, -0.2) is 0 Å². The molecule has 15 atom stereocenters. The van der Waals surface area contributed by atoms with Gasteiger partial charge in [0.15, 0.2) is 12.6 Å². The molecule has 2 amide bonds. The van der Waals surface area contributed by atoms with E-state index in [2.05, 4.69) is 12.2 Å². The van der Waals surface area contributed by atoms with Gasteiger partial charge >= 0.3 is 0 Å². The minimum atomic E-state index is -1.51. The number of rotatable bonds is 12. The second-order valence-electron chi connectivity index (χ2n) is 14.7. The van der Waals surface area contributed by atoms with Crippen molar-refractivity contribution >= 4 is 11.8 Å². The predicted molar refractivity (Wildman–Crippen MR) is 172 cm³/mol. The summed E-state index contributed by atoms with van der Waals surface area (Å²) in [7, 11) is 3.30. The van der Waals surface area contributed by atoms with Crippen LogP contribution in [-0.2, 0) is 33.3 Å². The summed E-state index contributed by atoms with van der Waals surface area (Å²) in [6, 6.07) is -1.06. The van der Waals surface area contributed by atoms with Gasteiger partial charge in [-0.05, 0) is 43.9 Å². The molecule has 0 aromatic heterocycles. The lowest BCUT2D eigenvalue weighted by Crippen LogP contribution is -2.67. The molecule has 14 nitrogen and oxygen atoms in total. The zero-order valence-corrected chi connectivity index (χ0v) is 29.3. The van der Waals surface area contributed by atoms with Gasteiger partial charge in [0.25, 0.3) is 5.91 Å². The molecule has 2 saturated carbocycles. The number of ether oxygens (including phenoxy) is 5. The van der Waals surface area contributed by atoms with E-state index in [1.807, 2.05) is 6.92 Å². The lowest BCUT2D eigenvalue weighted by molar-refractivity contribution is -0.338. The van der Waals surface area contributed by atoms with Crippen molar-refractivity contribution in [1.29, 1.82) is 0 Å². The number of carbonyl (C=O) groups is 2. The molecule has 4 aliphatic rings. The van der Waals surface area contributed by atoms with E-state index in [4.69, 9.17) is 23.7 Å². The van der Waals surface area contributed by atoms with Crippen LogP contribution in [0.15, 0.2) is 0 Å². The number of amides is 2. The maximum Gasteiger partial charge on any atom is 0.251 e. The van der Waals surface area contributed by atoms with Crippen molar-refractivity contribution < 1.29 is 58.8 Å². The second kappa shape index (κ2) is 17.7. The Morgan fingerprint density at radius 1 is 0.896 bits per heavy atom. The van der Waals surface area contributed by atoms with Crippen LogP contribution in [0.2, 0.25) is 0 Å². The van der Waals surface area contributed by atoms with E-state index in [1.165, 1.54) is 11.8 Å². The van der Waals surface area contributed by atoms with E-state index >= 15 is 0 Å². The summed E-state index contributed by atoms with van der Waals surface area (Å²) in [6.45, 7) is 6.45. The number of hydrogen-bond donors (Lipinski definition) is 6. The summed E-state index contributed by atoms with van der Waals surface area (Å²) in [4.78, 5) is 27.5. The zero-order chi connectivity index (χ0) is 35.3. The van der Waals surface area contributed by atoms with Gasteiger partial charge in [-0.1, -0.05) is 52.4 Å². The number of aliphatic hydroxyl groups excluding tert-OH is 5. The van der Waals surface area contributed by atoms with Crippen molar-refractivity contribution in [2.45, 2.75) is 165 Å². The third-order valence-corrected chi connectivity index (χ3v) is 10.6. The Morgan fingerprint density at radius 2 is 1.58 bits per heavy atom. The van der Waals surface area contributed by atoms with E-state index in [0.29, 0.717) is 19.3 Å². The SMILES string of the molecule is CCC1CC(C)C[C@@H](O[C@@H]2O[C@@H](CO)[C@H](O)C(O[C@@H](CC3CCCCC3)C(=O)N(C)C)C2NC(C)=O)[C@@H]1O[C@@H]1OC(C)[C@@H](O)[C@H](O)C1O. The monoisotopic (exact) mass is 688 g/mol. The normalized spacial score (nSPS) is 41.8. The number of hydrogen-bond acceptors (Lipinski definition) is 12. The van der Waals surface area contributed by atoms with Crippen molar-refractivity contribution in [3.63, 3.8) is 0 Å². The number of nitrogens with zero attached hydrogens (tertiary/aromatic N) is 1. The summed E-state index contributed by atoms with van der Waals surface area (Å²) in [6.07, 6.45) is -5.67. The first-order valence-electron chi connectivity index (χ1n) is 17.8. The maximum absolute atomic E-state index is 13.4. The molecule has 4 rings (SSSR count). The Labute approximate surface area is 284 Å². The van der Waals surface area contributed by atoms with Crippen LogP contribution in [0.5, 0.6) is 0 Å². The van der Waals surface area contributed by atoms with Gasteiger partial charge in [0, 0.05) is 21.0 Å². The van der Waals surface area contributed by atoms with Crippen LogP contribution in [0.25, 0.3) is 0 Å². The van der Waals surface area contributed by atoms with E-state index in [-0.39, 0.29) is 23.7 Å². The third kappa shape index (κ3) is 9.45. The Bertz CT molecular complexity index is 1030. The Hall–Kier alpha value is -1.46. The fourth-order valence-electron chi connectivity index (χ4n) is 7.92. The van der Waals surface area contributed by atoms with Crippen LogP contribution < -0.4 is 5.32 Å². The number of nitrogens with one attached hydrogen (secondary N) is 1. The fraction of sp³-hybridized carbons (Fsp3) is 0.941. The average molecular weight is 689 g/mol. The largest absolute Gasteiger partial charge is 0.394 e. The van der Waals surface area contributed by atoms with Gasteiger partial charge in [0.1, 0.15) is 48.8 Å². The van der Waals surface area contributed by atoms with Crippen LogP contribution in [0, 0.1) is 17.8 Å². The Kier molecular flexibility index (Phi) is 14.5. The highest BCUT2D eigenvalue weighted by molar-refractivity contribution is 5.80. The van der Waals surface area contributed by atoms with Crippen molar-refractivity contribution in [2.24, 2.45) is 17.8 Å². The molecule has 0 spiro atoms. The van der Waals surface area contributed by atoms with Crippen molar-refractivity contribution in [3.05, 3.63) is 0 Å². The highest BCUT2D eigenvalue weighted by Crippen LogP contribution is 2.39. The lowest BCUT2D eigenvalue weighted by atomic mass is 9.77. The minimum absolute atomic E-state index is 0.0412. The van der Waals surface area contributed by atoms with E-state index in [9.17, 15) is 35.1 Å². The summed E-state index contributed by atoms with van der Waals surface area (Å²) >= 11 is 0. The molecule has 4 fully saturated rings. The number of aliphatic hydroxyl groups is 5. The molecule has 0 bridgehead atoms. The van der Waals surface area contributed by atoms with Gasteiger partial charge in [-0.2, -0.15) is 0 Å². The summed E-state index contributed by atoms with van der Waals surface area (Å²) in [5.41, 5.74) is 0. The van der Waals surface area contributed by atoms with Crippen LogP contribution in [0.4, 0.5) is 0 Å². The first kappa shape index (κ1) is 39.3. The standard InChI is InChI=1S/C34H60N2O12/c1-7-21-13-17(2)14-22(30(21)48-34-29(42)28(41)26(39)18(3)44-34)46-33-25(35-19(4)38)31(27(40)24(16-37)47-33)45-23(32(43)36(5)6)15-20-11-9-8-10-12-20/h17-18,20-31,33-34,37,39-42H,7-16H2,1-6H3,(H,35,38)/t17?,18?,21?,22-,23+,24+,25?,26-,27+,28+,29?,30-,31?,33-,34+/m1/s1. The zero-order valence-electron chi connectivity index (χ0n) is 29.3. The van der Waals surface area contributed by atoms with Crippen molar-refractivity contribution in [1.82, 2.24) is 10.2 Å². The molecule has 2 saturated heterocycles. The third-order valence-electron chi connectivity index (χ3n) is 10.6. The topological polar surface area (TPSA) is 197 Å². The number of likely N-dealkylation sites (N-methyl/N-ethyl adjacent to an activating group) is 1. The van der Waals surface area contributed by atoms with Crippen LogP contribution in [-0.4, -0.2) is 143 Å². The molecule has 2 aliphatic carbocycles. The summed E-state index contributed by atoms with van der Waals surface area (Å²) in [5.74, 6) is -0.251. The van der Waals surface area contributed by atoms with E-state index in [1.54, 1.807) is 21.0 Å². The van der Waals surface area contributed by atoms with Crippen molar-refractivity contribution in [3.8, 4) is 0 Å². The predicted octanol–water partition coefficient (Wildman–Crippen LogP) is 0.436. The molecule has 0 aromatic rings. The highest BCUT2D eigenvalue weighted by Gasteiger charge is 2.52. The first-order chi connectivity index (χ1) is 22.7. The first-order valence-corrected chi connectivity index (χ1v) is 17.8. The van der Waals surface area contributed by atoms with Gasteiger partial charge in [-0.3, -0.25) is 9.59 Å². The minimum Gasteiger partial charge on any atom is -0.394 e. The molecule has 6 N–H and O–H groups in total. The van der Waals surface area contributed by atoms with Crippen LogP contribution >= 0.6 is 0 Å². The molecule has 14 heteroatoms. The van der Waals surface area contributed by atoms with E-state index in [0.717, 1.165) is 38.5 Å². The summed E-state index contributed by atoms with van der Waals surface area (Å²) < 4.78 is 31.4. The van der Waals surface area contributed by atoms with E-state index < -0.39 is 92.2 Å². The number of carbonyl (C=O) groups excluding carboxylic acids is 2. The van der Waals surface area contributed by atoms with Gasteiger partial charge in [-0.15, -0.1) is 0 Å². The Morgan fingerprint density at radius 3 is 2.19 bits per heavy atom. The molecule has 0 aromatic carbocycles. The highest BCUT2D eigenvalue weighted by atomic mass is 16.7. The Balaban J connectivity index is 1.63. The van der Waals surface area contributed by atoms with Crippen molar-refractivity contribution in [2.75, 3.05) is 20.7 Å². The summed E-state index contributed by atoms with van der Waals surface area (Å²) in [5, 5.41) is 56.0. The molecule has 278 valence electrons. The lowest BCUT2D eigenvalue weighted by Gasteiger charge is -2.49. The van der Waals surface area contributed by atoms with Crippen LogP contribution in [0.3, 0.4) is 0 Å². The quantitative estimate of drug-likeness (QED) is 0.166. The smallest absolute Gasteiger partial charge is 0.251 e. The molecule has 48 heavy (non-hydrogen) atoms. The molecular formula is C34H60N2O12. The second-order valence-corrected chi connectivity index (χ2v) is 14.7. The molecule has 6 unspecified atom stereocenters. The molecule has 0 radical (unpaired) electrons. The van der Waals surface area contributed by atoms with Gasteiger partial charge in [0.2, 0.25) is 5.91 Å². The van der Waals surface area contributed by atoms with Gasteiger partial charge < -0.3 is 59.4 Å². The molecule has 2 aliphatic heterocycles. The average Bonchev–Trinajstić information content (AvgIpc) is 3.05.